The lowest BCUT2D eigenvalue weighted by Gasteiger charge is -2.30. The predicted octanol–water partition coefficient (Wildman–Crippen LogP) is 2.70. The van der Waals surface area contributed by atoms with Crippen LogP contribution in [0.3, 0.4) is 0 Å². The number of amides is 1. The van der Waals surface area contributed by atoms with Crippen LogP contribution in [0.4, 0.5) is 10.9 Å². The zero-order valence-corrected chi connectivity index (χ0v) is 15.2. The second-order valence-corrected chi connectivity index (χ2v) is 7.07. The molecular formula is C16H22ClN5OS. The average molecular weight is 368 g/mol. The average Bonchev–Trinajstić information content (AvgIpc) is 2.95. The van der Waals surface area contributed by atoms with Crippen LogP contribution in [-0.2, 0) is 11.3 Å². The number of nitrogens with one attached hydrogen (secondary N) is 1. The minimum atomic E-state index is 0. The summed E-state index contributed by atoms with van der Waals surface area (Å²) >= 11 is 1.53. The van der Waals surface area contributed by atoms with Gasteiger partial charge < -0.3 is 11.1 Å². The van der Waals surface area contributed by atoms with Gasteiger partial charge in [-0.3, -0.25) is 9.69 Å². The number of nitrogen functional groups attached to an aromatic ring is 1. The number of nitrogens with two attached hydrogens (primary N) is 1. The first-order valence-corrected chi connectivity index (χ1v) is 8.58. The van der Waals surface area contributed by atoms with Gasteiger partial charge >= 0.3 is 0 Å². The summed E-state index contributed by atoms with van der Waals surface area (Å²) in [6.07, 6.45) is 5.33. The summed E-state index contributed by atoms with van der Waals surface area (Å²) in [6, 6.07) is 3.79. The number of halogens is 1. The maximum absolute atomic E-state index is 12.3. The zero-order chi connectivity index (χ0) is 16.2. The molecule has 0 spiro atoms. The Hall–Kier alpha value is -1.70. The molecule has 0 unspecified atom stereocenters. The summed E-state index contributed by atoms with van der Waals surface area (Å²) in [5, 5.41) is 3.52. The largest absolute Gasteiger partial charge is 0.375 e. The Bertz CT molecular complexity index is 667. The van der Waals surface area contributed by atoms with Crippen LogP contribution in [0.1, 0.15) is 23.3 Å². The molecule has 1 saturated heterocycles. The number of thiazole rings is 1. The van der Waals surface area contributed by atoms with E-state index in [9.17, 15) is 4.79 Å². The van der Waals surface area contributed by atoms with Crippen molar-refractivity contribution in [2.24, 2.45) is 5.92 Å². The van der Waals surface area contributed by atoms with Crippen LogP contribution < -0.4 is 11.1 Å². The molecule has 1 aliphatic rings. The lowest BCUT2D eigenvalue weighted by Crippen LogP contribution is -2.37. The van der Waals surface area contributed by atoms with E-state index in [4.69, 9.17) is 5.73 Å². The predicted molar refractivity (Wildman–Crippen MR) is 99.4 cm³/mol. The van der Waals surface area contributed by atoms with E-state index in [-0.39, 0.29) is 24.2 Å². The third kappa shape index (κ3) is 4.90. The topological polar surface area (TPSA) is 84.1 Å². The van der Waals surface area contributed by atoms with Gasteiger partial charge in [-0.05, 0) is 44.5 Å². The monoisotopic (exact) mass is 367 g/mol. The highest BCUT2D eigenvalue weighted by Gasteiger charge is 2.25. The Balaban J connectivity index is 0.00000208. The van der Waals surface area contributed by atoms with Gasteiger partial charge in [0.2, 0.25) is 5.91 Å². The minimum absolute atomic E-state index is 0. The van der Waals surface area contributed by atoms with E-state index in [1.54, 1.807) is 6.20 Å². The second-order valence-electron chi connectivity index (χ2n) is 5.93. The lowest BCUT2D eigenvalue weighted by molar-refractivity contribution is -0.121. The van der Waals surface area contributed by atoms with Crippen LogP contribution in [0.25, 0.3) is 0 Å². The van der Waals surface area contributed by atoms with Gasteiger partial charge in [0.05, 0.1) is 0 Å². The van der Waals surface area contributed by atoms with Gasteiger partial charge in [0.1, 0.15) is 5.82 Å². The third-order valence-corrected chi connectivity index (χ3v) is 4.88. The molecule has 8 heteroatoms. The zero-order valence-electron chi connectivity index (χ0n) is 13.6. The molecule has 2 aromatic rings. The van der Waals surface area contributed by atoms with Crippen molar-refractivity contribution in [3.05, 3.63) is 35.0 Å². The Morgan fingerprint density at radius 2 is 2.08 bits per heavy atom. The fourth-order valence-electron chi connectivity index (χ4n) is 2.74. The van der Waals surface area contributed by atoms with Gasteiger partial charge in [-0.25, -0.2) is 9.97 Å². The molecule has 6 nitrogen and oxygen atoms in total. The number of pyridine rings is 1. The first kappa shape index (κ1) is 18.6. The molecule has 0 atom stereocenters. The van der Waals surface area contributed by atoms with Crippen LogP contribution in [-0.4, -0.2) is 33.9 Å². The number of piperidine rings is 1. The quantitative estimate of drug-likeness (QED) is 0.867. The number of anilines is 2. The normalized spacial score (nSPS) is 15.7. The van der Waals surface area contributed by atoms with E-state index >= 15 is 0 Å². The molecule has 3 N–H and O–H groups in total. The maximum atomic E-state index is 12.3. The first-order valence-electron chi connectivity index (χ1n) is 7.76. The summed E-state index contributed by atoms with van der Waals surface area (Å²) in [4.78, 5) is 24.2. The number of rotatable bonds is 4. The third-order valence-electron chi connectivity index (χ3n) is 4.07. The summed E-state index contributed by atoms with van der Waals surface area (Å²) < 4.78 is 0. The van der Waals surface area contributed by atoms with Crippen molar-refractivity contribution in [2.45, 2.75) is 26.3 Å². The van der Waals surface area contributed by atoms with Crippen LogP contribution in [0.2, 0.25) is 0 Å². The first-order chi connectivity index (χ1) is 11.1. The molecule has 0 radical (unpaired) electrons. The SMILES string of the molecule is Cc1ccc(NC(=O)C2CCN(Cc3cnc(N)s3)CC2)nc1.Cl. The minimum Gasteiger partial charge on any atom is -0.375 e. The van der Waals surface area contributed by atoms with Crippen molar-refractivity contribution >= 4 is 40.6 Å². The highest BCUT2D eigenvalue weighted by Crippen LogP contribution is 2.23. The smallest absolute Gasteiger partial charge is 0.228 e. The van der Waals surface area contributed by atoms with E-state index in [0.717, 1.165) is 38.0 Å². The van der Waals surface area contributed by atoms with E-state index in [0.29, 0.717) is 10.9 Å². The summed E-state index contributed by atoms with van der Waals surface area (Å²) in [5.41, 5.74) is 6.74. The van der Waals surface area contributed by atoms with Crippen molar-refractivity contribution in [3.63, 3.8) is 0 Å². The van der Waals surface area contributed by atoms with Crippen molar-refractivity contribution in [1.29, 1.82) is 0 Å². The Morgan fingerprint density at radius 1 is 1.33 bits per heavy atom. The van der Waals surface area contributed by atoms with Crippen molar-refractivity contribution in [3.8, 4) is 0 Å². The molecule has 0 aliphatic carbocycles. The van der Waals surface area contributed by atoms with E-state index < -0.39 is 0 Å². The van der Waals surface area contributed by atoms with Gasteiger partial charge in [0.15, 0.2) is 5.13 Å². The van der Waals surface area contributed by atoms with Crippen molar-refractivity contribution in [2.75, 3.05) is 24.1 Å². The van der Waals surface area contributed by atoms with Gasteiger partial charge in [-0.1, -0.05) is 6.07 Å². The number of hydrogen-bond donors (Lipinski definition) is 2. The second kappa shape index (κ2) is 8.41. The molecule has 3 heterocycles. The van der Waals surface area contributed by atoms with Crippen molar-refractivity contribution in [1.82, 2.24) is 14.9 Å². The molecule has 0 bridgehead atoms. The van der Waals surface area contributed by atoms with Gasteiger partial charge in [0, 0.05) is 29.7 Å². The fraction of sp³-hybridized carbons (Fsp3) is 0.438. The molecule has 130 valence electrons. The number of carbonyl (C=O) groups excluding carboxylic acids is 1. The highest BCUT2D eigenvalue weighted by atomic mass is 35.5. The number of hydrogen-bond acceptors (Lipinski definition) is 6. The summed E-state index contributed by atoms with van der Waals surface area (Å²) in [5.74, 6) is 0.757. The molecular weight excluding hydrogens is 346 g/mol. The lowest BCUT2D eigenvalue weighted by atomic mass is 9.96. The number of likely N-dealkylation sites (tertiary alicyclic amines) is 1. The van der Waals surface area contributed by atoms with Crippen LogP contribution in [0, 0.1) is 12.8 Å². The number of aryl methyl sites for hydroxylation is 1. The fourth-order valence-corrected chi connectivity index (χ4v) is 3.47. The highest BCUT2D eigenvalue weighted by molar-refractivity contribution is 7.15. The molecule has 0 aromatic carbocycles. The van der Waals surface area contributed by atoms with Crippen LogP contribution in [0.5, 0.6) is 0 Å². The summed E-state index contributed by atoms with van der Waals surface area (Å²) in [6.45, 7) is 4.67. The molecule has 1 amide bonds. The van der Waals surface area contributed by atoms with Crippen LogP contribution >= 0.6 is 23.7 Å². The summed E-state index contributed by atoms with van der Waals surface area (Å²) in [7, 11) is 0. The van der Waals surface area contributed by atoms with E-state index in [2.05, 4.69) is 20.2 Å². The van der Waals surface area contributed by atoms with E-state index in [1.165, 1.54) is 16.2 Å². The molecule has 1 fully saturated rings. The molecule has 3 rings (SSSR count). The van der Waals surface area contributed by atoms with Gasteiger partial charge in [-0.2, -0.15) is 0 Å². The standard InChI is InChI=1S/C16H21N5OS.ClH/c1-11-2-3-14(18-8-11)20-15(22)12-4-6-21(7-5-12)10-13-9-19-16(17)23-13;/h2-3,8-9,12H,4-7,10H2,1H3,(H2,17,19)(H,18,20,22);1H. The Kier molecular flexibility index (Phi) is 6.53. The molecule has 0 saturated carbocycles. The molecule has 2 aromatic heterocycles. The van der Waals surface area contributed by atoms with Crippen molar-refractivity contribution < 1.29 is 4.79 Å². The van der Waals surface area contributed by atoms with E-state index in [1.807, 2.05) is 25.3 Å². The maximum Gasteiger partial charge on any atom is 0.228 e. The van der Waals surface area contributed by atoms with Gasteiger partial charge in [0.25, 0.3) is 0 Å². The number of aromatic nitrogens is 2. The van der Waals surface area contributed by atoms with Crippen LogP contribution in [0.15, 0.2) is 24.5 Å². The number of carbonyl (C=O) groups is 1. The Morgan fingerprint density at radius 3 is 2.67 bits per heavy atom. The molecule has 24 heavy (non-hydrogen) atoms. The Labute approximate surface area is 151 Å². The van der Waals surface area contributed by atoms with Gasteiger partial charge in [-0.15, -0.1) is 23.7 Å². The number of nitrogens with zero attached hydrogens (tertiary/aromatic N) is 3. The molecule has 1 aliphatic heterocycles.